The monoisotopic (exact) mass is 292 g/mol. The zero-order chi connectivity index (χ0) is 15.5. The summed E-state index contributed by atoms with van der Waals surface area (Å²) in [5.74, 6) is 1.51. The van der Waals surface area contributed by atoms with E-state index in [0.717, 1.165) is 24.9 Å². The molecule has 1 atom stereocenters. The molecule has 0 saturated carbocycles. The highest BCUT2D eigenvalue weighted by atomic mass is 16.5. The van der Waals surface area contributed by atoms with Crippen molar-refractivity contribution in [1.82, 2.24) is 10.2 Å². The summed E-state index contributed by atoms with van der Waals surface area (Å²) in [6.45, 7) is 3.44. The first-order valence-electron chi connectivity index (χ1n) is 7.21. The van der Waals surface area contributed by atoms with Crippen molar-refractivity contribution < 1.29 is 14.3 Å². The second-order valence-corrected chi connectivity index (χ2v) is 5.71. The molecule has 5 nitrogen and oxygen atoms in total. The van der Waals surface area contributed by atoms with Gasteiger partial charge in [0.25, 0.3) is 0 Å². The molecular weight excluding hydrogens is 268 g/mol. The molecule has 2 rings (SSSR count). The number of rotatable bonds is 5. The molecule has 0 aliphatic carbocycles. The minimum atomic E-state index is -0.425. The quantitative estimate of drug-likeness (QED) is 0.899. The third-order valence-electron chi connectivity index (χ3n) is 4.06. The first-order chi connectivity index (χ1) is 10.00. The van der Waals surface area contributed by atoms with Crippen molar-refractivity contribution in [2.75, 3.05) is 27.8 Å². The van der Waals surface area contributed by atoms with Crippen molar-refractivity contribution in [3.63, 3.8) is 0 Å². The fourth-order valence-corrected chi connectivity index (χ4v) is 2.82. The van der Waals surface area contributed by atoms with Crippen molar-refractivity contribution in [3.05, 3.63) is 23.8 Å². The number of benzene rings is 1. The molecule has 1 heterocycles. The SMILES string of the molecule is COc1ccc(CN(C)C(=O)C2(C)CCCN2)cc1OC. The van der Waals surface area contributed by atoms with E-state index in [0.29, 0.717) is 18.0 Å². The molecule has 1 fully saturated rings. The molecule has 0 bridgehead atoms. The van der Waals surface area contributed by atoms with Gasteiger partial charge in [0, 0.05) is 13.6 Å². The van der Waals surface area contributed by atoms with Gasteiger partial charge in [0.05, 0.1) is 19.8 Å². The van der Waals surface area contributed by atoms with Crippen molar-refractivity contribution in [2.45, 2.75) is 31.8 Å². The predicted octanol–water partition coefficient (Wildman–Crippen LogP) is 1.80. The fourth-order valence-electron chi connectivity index (χ4n) is 2.82. The summed E-state index contributed by atoms with van der Waals surface area (Å²) in [7, 11) is 5.06. The molecule has 0 aromatic heterocycles. The number of amides is 1. The van der Waals surface area contributed by atoms with Gasteiger partial charge < -0.3 is 19.7 Å². The highest BCUT2D eigenvalue weighted by Crippen LogP contribution is 2.28. The molecule has 1 aromatic carbocycles. The summed E-state index contributed by atoms with van der Waals surface area (Å²) in [5.41, 5.74) is 0.593. The van der Waals surface area contributed by atoms with Crippen LogP contribution in [0.2, 0.25) is 0 Å². The van der Waals surface area contributed by atoms with Gasteiger partial charge in [0.1, 0.15) is 0 Å². The third-order valence-corrected chi connectivity index (χ3v) is 4.06. The third kappa shape index (κ3) is 3.29. The van der Waals surface area contributed by atoms with E-state index in [1.807, 2.05) is 32.2 Å². The van der Waals surface area contributed by atoms with Gasteiger partial charge in [0.2, 0.25) is 5.91 Å². The Kier molecular flexibility index (Phi) is 4.73. The van der Waals surface area contributed by atoms with E-state index < -0.39 is 5.54 Å². The molecule has 1 aromatic rings. The second kappa shape index (κ2) is 6.35. The lowest BCUT2D eigenvalue weighted by Crippen LogP contribution is -2.51. The van der Waals surface area contributed by atoms with Gasteiger partial charge in [-0.25, -0.2) is 0 Å². The van der Waals surface area contributed by atoms with E-state index in [1.54, 1.807) is 19.1 Å². The molecule has 1 aliphatic rings. The van der Waals surface area contributed by atoms with Gasteiger partial charge in [-0.05, 0) is 44.0 Å². The van der Waals surface area contributed by atoms with Crippen LogP contribution in [0.4, 0.5) is 0 Å². The summed E-state index contributed by atoms with van der Waals surface area (Å²) in [4.78, 5) is 14.3. The van der Waals surface area contributed by atoms with Crippen LogP contribution in [0.3, 0.4) is 0 Å². The maximum Gasteiger partial charge on any atom is 0.242 e. The molecule has 1 amide bonds. The Bertz CT molecular complexity index is 510. The lowest BCUT2D eigenvalue weighted by atomic mass is 9.98. The minimum Gasteiger partial charge on any atom is -0.493 e. The Morgan fingerprint density at radius 2 is 2.05 bits per heavy atom. The summed E-state index contributed by atoms with van der Waals surface area (Å²) < 4.78 is 10.5. The van der Waals surface area contributed by atoms with Gasteiger partial charge in [-0.15, -0.1) is 0 Å². The molecule has 1 unspecified atom stereocenters. The van der Waals surface area contributed by atoms with E-state index in [4.69, 9.17) is 9.47 Å². The summed E-state index contributed by atoms with van der Waals surface area (Å²) in [5, 5.41) is 3.30. The first-order valence-corrected chi connectivity index (χ1v) is 7.21. The van der Waals surface area contributed by atoms with Gasteiger partial charge >= 0.3 is 0 Å². The number of nitrogens with zero attached hydrogens (tertiary/aromatic N) is 1. The number of carbonyl (C=O) groups is 1. The lowest BCUT2D eigenvalue weighted by molar-refractivity contribution is -0.136. The van der Waals surface area contributed by atoms with Crippen LogP contribution in [-0.2, 0) is 11.3 Å². The van der Waals surface area contributed by atoms with Gasteiger partial charge in [-0.3, -0.25) is 4.79 Å². The average Bonchev–Trinajstić information content (AvgIpc) is 2.94. The summed E-state index contributed by atoms with van der Waals surface area (Å²) in [6.07, 6.45) is 1.94. The number of likely N-dealkylation sites (N-methyl/N-ethyl adjacent to an activating group) is 1. The molecule has 1 N–H and O–H groups in total. The number of methoxy groups -OCH3 is 2. The second-order valence-electron chi connectivity index (χ2n) is 5.71. The number of hydrogen-bond donors (Lipinski definition) is 1. The van der Waals surface area contributed by atoms with Gasteiger partial charge in [-0.1, -0.05) is 6.07 Å². The molecule has 0 spiro atoms. The van der Waals surface area contributed by atoms with Crippen molar-refractivity contribution in [2.24, 2.45) is 0 Å². The number of carbonyl (C=O) groups excluding carboxylic acids is 1. The number of nitrogens with one attached hydrogen (secondary N) is 1. The largest absolute Gasteiger partial charge is 0.493 e. The van der Waals surface area contributed by atoms with Crippen LogP contribution in [0.5, 0.6) is 11.5 Å². The van der Waals surface area contributed by atoms with Crippen molar-refractivity contribution >= 4 is 5.91 Å². The molecule has 1 aliphatic heterocycles. The maximum absolute atomic E-state index is 12.6. The average molecular weight is 292 g/mol. The molecule has 1 saturated heterocycles. The van der Waals surface area contributed by atoms with Crippen LogP contribution in [0, 0.1) is 0 Å². The van der Waals surface area contributed by atoms with Crippen LogP contribution >= 0.6 is 0 Å². The van der Waals surface area contributed by atoms with E-state index >= 15 is 0 Å². The zero-order valence-corrected chi connectivity index (χ0v) is 13.2. The Morgan fingerprint density at radius 1 is 1.33 bits per heavy atom. The van der Waals surface area contributed by atoms with E-state index in [-0.39, 0.29) is 5.91 Å². The molecular formula is C16H24N2O3. The Morgan fingerprint density at radius 3 is 2.62 bits per heavy atom. The van der Waals surface area contributed by atoms with Crippen molar-refractivity contribution in [3.8, 4) is 11.5 Å². The standard InChI is InChI=1S/C16H24N2O3/c1-16(8-5-9-17-16)15(19)18(2)11-12-6-7-13(20-3)14(10-12)21-4/h6-7,10,17H,5,8-9,11H2,1-4H3. The Labute approximate surface area is 126 Å². The predicted molar refractivity (Wildman–Crippen MR) is 81.7 cm³/mol. The van der Waals surface area contributed by atoms with Crippen molar-refractivity contribution in [1.29, 1.82) is 0 Å². The minimum absolute atomic E-state index is 0.134. The van der Waals surface area contributed by atoms with Crippen LogP contribution in [0.1, 0.15) is 25.3 Å². The van der Waals surface area contributed by atoms with E-state index in [1.165, 1.54) is 0 Å². The van der Waals surface area contributed by atoms with E-state index in [2.05, 4.69) is 5.32 Å². The highest BCUT2D eigenvalue weighted by Gasteiger charge is 2.37. The van der Waals surface area contributed by atoms with Crippen LogP contribution in [0.15, 0.2) is 18.2 Å². The van der Waals surface area contributed by atoms with Gasteiger partial charge in [0.15, 0.2) is 11.5 Å². The highest BCUT2D eigenvalue weighted by molar-refractivity contribution is 5.86. The number of hydrogen-bond acceptors (Lipinski definition) is 4. The van der Waals surface area contributed by atoms with Gasteiger partial charge in [-0.2, -0.15) is 0 Å². The maximum atomic E-state index is 12.6. The number of ether oxygens (including phenoxy) is 2. The topological polar surface area (TPSA) is 50.8 Å². The lowest BCUT2D eigenvalue weighted by Gasteiger charge is -2.29. The van der Waals surface area contributed by atoms with Crippen LogP contribution in [-0.4, -0.2) is 44.2 Å². The Balaban J connectivity index is 2.08. The normalized spacial score (nSPS) is 21.1. The molecule has 0 radical (unpaired) electrons. The summed E-state index contributed by atoms with van der Waals surface area (Å²) in [6, 6.07) is 5.73. The van der Waals surface area contributed by atoms with Crippen LogP contribution < -0.4 is 14.8 Å². The smallest absolute Gasteiger partial charge is 0.242 e. The molecule has 116 valence electrons. The van der Waals surface area contributed by atoms with E-state index in [9.17, 15) is 4.79 Å². The first kappa shape index (κ1) is 15.6. The summed E-state index contributed by atoms with van der Waals surface area (Å²) >= 11 is 0. The molecule has 21 heavy (non-hydrogen) atoms. The van der Waals surface area contributed by atoms with Crippen LogP contribution in [0.25, 0.3) is 0 Å². The zero-order valence-electron chi connectivity index (χ0n) is 13.2. The molecule has 5 heteroatoms. The Hall–Kier alpha value is -1.75. The fraction of sp³-hybridized carbons (Fsp3) is 0.562.